The van der Waals surface area contributed by atoms with Crippen LogP contribution in [0.15, 0.2) is 17.0 Å². The molecule has 0 bridgehead atoms. The molecular formula is C11H14O3S. The van der Waals surface area contributed by atoms with Gasteiger partial charge in [-0.25, -0.2) is 0 Å². The molecule has 3 nitrogen and oxygen atoms in total. The van der Waals surface area contributed by atoms with Crippen molar-refractivity contribution in [3.8, 4) is 11.5 Å². The number of benzene rings is 1. The molecule has 0 aliphatic heterocycles. The Hall–Kier alpha value is -1.16. The molecule has 1 aromatic rings. The molecule has 1 rings (SSSR count). The summed E-state index contributed by atoms with van der Waals surface area (Å²) < 4.78 is 10.4. The zero-order valence-corrected chi connectivity index (χ0v) is 9.89. The number of methoxy groups -OCH3 is 2. The van der Waals surface area contributed by atoms with Crippen LogP contribution < -0.4 is 9.47 Å². The number of hydrogen-bond acceptors (Lipinski definition) is 4. The Labute approximate surface area is 93.8 Å². The molecular weight excluding hydrogens is 212 g/mol. The van der Waals surface area contributed by atoms with Crippen molar-refractivity contribution in [1.82, 2.24) is 0 Å². The summed E-state index contributed by atoms with van der Waals surface area (Å²) in [5.41, 5.74) is 0.601. The summed E-state index contributed by atoms with van der Waals surface area (Å²) in [5.74, 6) is 2.20. The molecule has 0 radical (unpaired) electrons. The summed E-state index contributed by atoms with van der Waals surface area (Å²) in [5, 5.41) is 0. The molecule has 0 aliphatic carbocycles. The van der Waals surface area contributed by atoms with Crippen molar-refractivity contribution in [2.45, 2.75) is 11.8 Å². The summed E-state index contributed by atoms with van der Waals surface area (Å²) >= 11 is 1.62. The number of thioether (sulfide) groups is 1. The number of rotatable bonds is 5. The molecule has 0 aliphatic rings. The molecule has 1 aromatic carbocycles. The van der Waals surface area contributed by atoms with Crippen LogP contribution in [0.3, 0.4) is 0 Å². The lowest BCUT2D eigenvalue weighted by Crippen LogP contribution is -1.95. The second-order valence-electron chi connectivity index (χ2n) is 2.81. The molecule has 82 valence electrons. The quantitative estimate of drug-likeness (QED) is 0.571. The van der Waals surface area contributed by atoms with E-state index in [1.54, 1.807) is 32.0 Å². The third-order valence-electron chi connectivity index (χ3n) is 1.90. The van der Waals surface area contributed by atoms with Crippen LogP contribution in [-0.2, 0) is 0 Å². The highest BCUT2D eigenvalue weighted by Crippen LogP contribution is 2.38. The van der Waals surface area contributed by atoms with Gasteiger partial charge in [0.05, 0.1) is 19.1 Å². The Bertz CT molecular complexity index is 350. The first-order valence-corrected chi connectivity index (χ1v) is 5.59. The molecule has 0 heterocycles. The second kappa shape index (κ2) is 5.66. The van der Waals surface area contributed by atoms with Gasteiger partial charge in [-0.05, 0) is 17.9 Å². The lowest BCUT2D eigenvalue weighted by atomic mass is 10.2. The summed E-state index contributed by atoms with van der Waals surface area (Å²) in [6.45, 7) is 2.05. The van der Waals surface area contributed by atoms with Crippen LogP contribution in [-0.4, -0.2) is 26.3 Å². The fourth-order valence-electron chi connectivity index (χ4n) is 1.28. The van der Waals surface area contributed by atoms with E-state index in [4.69, 9.17) is 9.47 Å². The van der Waals surface area contributed by atoms with Gasteiger partial charge in [0, 0.05) is 5.56 Å². The van der Waals surface area contributed by atoms with E-state index in [-0.39, 0.29) is 0 Å². The summed E-state index contributed by atoms with van der Waals surface area (Å²) in [6.07, 6.45) is 0.807. The minimum absolute atomic E-state index is 0.595. The molecule has 0 amide bonds. The lowest BCUT2D eigenvalue weighted by Gasteiger charge is -2.12. The topological polar surface area (TPSA) is 35.5 Å². The highest BCUT2D eigenvalue weighted by atomic mass is 32.2. The van der Waals surface area contributed by atoms with E-state index in [1.807, 2.05) is 13.0 Å². The van der Waals surface area contributed by atoms with Crippen LogP contribution in [0.4, 0.5) is 0 Å². The fourth-order valence-corrected chi connectivity index (χ4v) is 2.13. The Morgan fingerprint density at radius 2 is 2.07 bits per heavy atom. The Balaban J connectivity index is 3.25. The van der Waals surface area contributed by atoms with Gasteiger partial charge in [-0.2, -0.15) is 0 Å². The predicted molar refractivity (Wildman–Crippen MR) is 61.3 cm³/mol. The molecule has 4 heteroatoms. The normalized spacial score (nSPS) is 9.80. The van der Waals surface area contributed by atoms with Crippen LogP contribution >= 0.6 is 11.8 Å². The average molecular weight is 226 g/mol. The molecule has 0 N–H and O–H groups in total. The van der Waals surface area contributed by atoms with Crippen LogP contribution in [0.5, 0.6) is 11.5 Å². The maximum absolute atomic E-state index is 10.7. The Morgan fingerprint density at radius 3 is 2.53 bits per heavy atom. The van der Waals surface area contributed by atoms with Gasteiger partial charge in [-0.3, -0.25) is 4.79 Å². The van der Waals surface area contributed by atoms with Gasteiger partial charge in [-0.1, -0.05) is 6.92 Å². The molecule has 0 fully saturated rings. The van der Waals surface area contributed by atoms with Crippen LogP contribution in [0.2, 0.25) is 0 Å². The Morgan fingerprint density at radius 1 is 1.33 bits per heavy atom. The third kappa shape index (κ3) is 2.65. The van der Waals surface area contributed by atoms with E-state index in [9.17, 15) is 4.79 Å². The number of carbonyl (C=O) groups excluding carboxylic acids is 1. The van der Waals surface area contributed by atoms with Gasteiger partial charge in [0.25, 0.3) is 0 Å². The van der Waals surface area contributed by atoms with Crippen molar-refractivity contribution in [2.75, 3.05) is 20.0 Å². The Kier molecular flexibility index (Phi) is 4.49. The number of carbonyl (C=O) groups is 1. The van der Waals surface area contributed by atoms with Crippen LogP contribution in [0.1, 0.15) is 17.3 Å². The van der Waals surface area contributed by atoms with Gasteiger partial charge < -0.3 is 9.47 Å². The first kappa shape index (κ1) is 11.9. The molecule has 0 atom stereocenters. The smallest absolute Gasteiger partial charge is 0.174 e. The maximum Gasteiger partial charge on any atom is 0.174 e. The number of aldehydes is 1. The summed E-state index contributed by atoms with van der Waals surface area (Å²) in [6, 6.07) is 3.48. The van der Waals surface area contributed by atoms with E-state index < -0.39 is 0 Å². The second-order valence-corrected chi connectivity index (χ2v) is 4.11. The highest BCUT2D eigenvalue weighted by Gasteiger charge is 2.11. The zero-order chi connectivity index (χ0) is 11.3. The molecule has 0 saturated carbocycles. The minimum Gasteiger partial charge on any atom is -0.493 e. The first-order valence-electron chi connectivity index (χ1n) is 4.60. The molecule has 0 spiro atoms. The van der Waals surface area contributed by atoms with Crippen LogP contribution in [0.25, 0.3) is 0 Å². The molecule has 0 aromatic heterocycles. The maximum atomic E-state index is 10.7. The number of ether oxygens (including phenoxy) is 2. The van der Waals surface area contributed by atoms with E-state index in [1.165, 1.54) is 0 Å². The van der Waals surface area contributed by atoms with Gasteiger partial charge in [0.1, 0.15) is 6.29 Å². The van der Waals surface area contributed by atoms with Gasteiger partial charge >= 0.3 is 0 Å². The molecule has 0 saturated heterocycles. The van der Waals surface area contributed by atoms with E-state index >= 15 is 0 Å². The monoisotopic (exact) mass is 226 g/mol. The largest absolute Gasteiger partial charge is 0.493 e. The number of hydrogen-bond donors (Lipinski definition) is 0. The summed E-state index contributed by atoms with van der Waals surface area (Å²) in [4.78, 5) is 11.7. The minimum atomic E-state index is 0.595. The van der Waals surface area contributed by atoms with E-state index in [0.717, 1.165) is 16.9 Å². The average Bonchev–Trinajstić information content (AvgIpc) is 2.28. The van der Waals surface area contributed by atoms with Crippen molar-refractivity contribution in [2.24, 2.45) is 0 Å². The van der Waals surface area contributed by atoms with Crippen molar-refractivity contribution in [3.63, 3.8) is 0 Å². The van der Waals surface area contributed by atoms with E-state index in [0.29, 0.717) is 17.1 Å². The lowest BCUT2D eigenvalue weighted by molar-refractivity contribution is 0.112. The molecule has 15 heavy (non-hydrogen) atoms. The zero-order valence-electron chi connectivity index (χ0n) is 9.07. The third-order valence-corrected chi connectivity index (χ3v) is 2.81. The first-order chi connectivity index (χ1) is 7.26. The van der Waals surface area contributed by atoms with Crippen molar-refractivity contribution < 1.29 is 14.3 Å². The van der Waals surface area contributed by atoms with Gasteiger partial charge in [-0.15, -0.1) is 11.8 Å². The van der Waals surface area contributed by atoms with Gasteiger partial charge in [0.2, 0.25) is 0 Å². The van der Waals surface area contributed by atoms with Crippen LogP contribution in [0, 0.1) is 0 Å². The SMILES string of the molecule is CCSc1cc(C=O)cc(OC)c1OC. The van der Waals surface area contributed by atoms with Crippen molar-refractivity contribution in [1.29, 1.82) is 0 Å². The van der Waals surface area contributed by atoms with E-state index in [2.05, 4.69) is 0 Å². The standard InChI is InChI=1S/C11H14O3S/c1-4-15-10-6-8(7-12)5-9(13-2)11(10)14-3/h5-7H,4H2,1-3H3. The fraction of sp³-hybridized carbons (Fsp3) is 0.364. The van der Waals surface area contributed by atoms with Crippen molar-refractivity contribution >= 4 is 18.0 Å². The van der Waals surface area contributed by atoms with Gasteiger partial charge in [0.15, 0.2) is 11.5 Å². The predicted octanol–water partition coefficient (Wildman–Crippen LogP) is 2.63. The molecule has 0 unspecified atom stereocenters. The summed E-state index contributed by atoms with van der Waals surface area (Å²) in [7, 11) is 3.16. The highest BCUT2D eigenvalue weighted by molar-refractivity contribution is 7.99. The van der Waals surface area contributed by atoms with Crippen molar-refractivity contribution in [3.05, 3.63) is 17.7 Å².